The average Bonchev–Trinajstić information content (AvgIpc) is 2.31. The van der Waals surface area contributed by atoms with Crippen molar-refractivity contribution in [3.63, 3.8) is 0 Å². The molecule has 0 heterocycles. The van der Waals surface area contributed by atoms with Gasteiger partial charge in [-0.05, 0) is 24.6 Å². The van der Waals surface area contributed by atoms with Crippen LogP contribution in [0.3, 0.4) is 0 Å². The fourth-order valence-electron chi connectivity index (χ4n) is 1.74. The number of anilines is 1. The van der Waals surface area contributed by atoms with Crippen LogP contribution in [0.5, 0.6) is 0 Å². The Bertz CT molecular complexity index is 457. The first kappa shape index (κ1) is 16.6. The van der Waals surface area contributed by atoms with Gasteiger partial charge in [0, 0.05) is 22.8 Å². The quantitative estimate of drug-likeness (QED) is 0.843. The minimum absolute atomic E-state index is 0.0429. The van der Waals surface area contributed by atoms with Gasteiger partial charge in [0.2, 0.25) is 0 Å². The van der Waals surface area contributed by atoms with Gasteiger partial charge in [0.1, 0.15) is 6.54 Å². The molecular weight excluding hydrogens is 293 g/mol. The van der Waals surface area contributed by atoms with Crippen molar-refractivity contribution in [3.8, 4) is 0 Å². The van der Waals surface area contributed by atoms with Crippen molar-refractivity contribution in [1.82, 2.24) is 4.90 Å². The van der Waals surface area contributed by atoms with Gasteiger partial charge in [0.15, 0.2) is 0 Å². The molecule has 0 aromatic heterocycles. The van der Waals surface area contributed by atoms with Gasteiger partial charge in [-0.3, -0.25) is 4.79 Å². The van der Waals surface area contributed by atoms with E-state index in [1.54, 1.807) is 0 Å². The smallest absolute Gasteiger partial charge is 0.399 e. The van der Waals surface area contributed by atoms with Gasteiger partial charge >= 0.3 is 6.18 Å². The molecule has 0 spiro atoms. The highest BCUT2D eigenvalue weighted by Crippen LogP contribution is 2.21. The zero-order valence-corrected chi connectivity index (χ0v) is 11.8. The van der Waals surface area contributed by atoms with Crippen LogP contribution in [-0.2, 0) is 0 Å². The molecule has 1 amide bonds. The Morgan fingerprint density at radius 3 is 2.50 bits per heavy atom. The third kappa shape index (κ3) is 5.28. The Kier molecular flexibility index (Phi) is 5.68. The summed E-state index contributed by atoms with van der Waals surface area (Å²) in [5, 5.41) is 0.218. The highest BCUT2D eigenvalue weighted by molar-refractivity contribution is 6.31. The van der Waals surface area contributed by atoms with Crippen LogP contribution in [0, 0.1) is 0 Å². The van der Waals surface area contributed by atoms with Crippen LogP contribution in [0.25, 0.3) is 0 Å². The number of benzene rings is 1. The van der Waals surface area contributed by atoms with E-state index in [2.05, 4.69) is 0 Å². The fraction of sp³-hybridized carbons (Fsp3) is 0.462. The monoisotopic (exact) mass is 308 g/mol. The highest BCUT2D eigenvalue weighted by Gasteiger charge is 2.33. The van der Waals surface area contributed by atoms with E-state index < -0.39 is 18.6 Å². The molecule has 1 aromatic rings. The number of alkyl halides is 3. The third-order valence-electron chi connectivity index (χ3n) is 2.61. The largest absolute Gasteiger partial charge is 0.406 e. The Hall–Kier alpha value is -1.43. The first-order chi connectivity index (χ1) is 9.23. The van der Waals surface area contributed by atoms with E-state index in [9.17, 15) is 18.0 Å². The molecule has 0 aliphatic heterocycles. The number of rotatable bonds is 5. The number of unbranched alkanes of at least 4 members (excludes halogenated alkanes) is 1. The molecule has 0 saturated heterocycles. The molecule has 0 aliphatic carbocycles. The lowest BCUT2D eigenvalue weighted by Crippen LogP contribution is -2.39. The number of nitrogens with zero attached hydrogens (tertiary/aromatic N) is 1. The molecule has 3 nitrogen and oxygen atoms in total. The zero-order valence-electron chi connectivity index (χ0n) is 11.0. The maximum Gasteiger partial charge on any atom is 0.406 e. The Morgan fingerprint density at radius 2 is 2.00 bits per heavy atom. The first-order valence-electron chi connectivity index (χ1n) is 6.15. The van der Waals surface area contributed by atoms with Gasteiger partial charge in [-0.25, -0.2) is 0 Å². The number of hydrogen-bond acceptors (Lipinski definition) is 2. The lowest BCUT2D eigenvalue weighted by atomic mass is 10.1. The molecule has 0 bridgehead atoms. The number of nitrogens with two attached hydrogens (primary N) is 1. The molecule has 1 aromatic carbocycles. The minimum atomic E-state index is -4.44. The summed E-state index contributed by atoms with van der Waals surface area (Å²) < 4.78 is 37.6. The highest BCUT2D eigenvalue weighted by atomic mass is 35.5. The number of hydrogen-bond donors (Lipinski definition) is 1. The molecule has 0 aliphatic rings. The molecule has 112 valence electrons. The normalized spacial score (nSPS) is 11.4. The van der Waals surface area contributed by atoms with Gasteiger partial charge in [-0.15, -0.1) is 0 Å². The molecule has 20 heavy (non-hydrogen) atoms. The van der Waals surface area contributed by atoms with Gasteiger partial charge in [0.05, 0.1) is 0 Å². The van der Waals surface area contributed by atoms with E-state index in [1.807, 2.05) is 6.92 Å². The molecule has 0 atom stereocenters. The second-order valence-corrected chi connectivity index (χ2v) is 4.91. The molecule has 0 unspecified atom stereocenters. The predicted octanol–water partition coefficient (Wildman–Crippen LogP) is 3.73. The van der Waals surface area contributed by atoms with Crippen molar-refractivity contribution in [1.29, 1.82) is 0 Å². The minimum Gasteiger partial charge on any atom is -0.399 e. The van der Waals surface area contributed by atoms with E-state index in [0.717, 1.165) is 4.90 Å². The number of carbonyl (C=O) groups excluding carboxylic acids is 1. The second-order valence-electron chi connectivity index (χ2n) is 4.47. The van der Waals surface area contributed by atoms with Crippen LogP contribution in [0.15, 0.2) is 18.2 Å². The fourth-order valence-corrected chi connectivity index (χ4v) is 1.98. The van der Waals surface area contributed by atoms with Crippen LogP contribution < -0.4 is 5.73 Å². The SMILES string of the molecule is CCCCN(CC(F)(F)F)C(=O)c1cc(N)cc(Cl)c1. The topological polar surface area (TPSA) is 46.3 Å². The van der Waals surface area contributed by atoms with E-state index in [0.29, 0.717) is 12.8 Å². The molecule has 2 N–H and O–H groups in total. The molecule has 7 heteroatoms. The summed E-state index contributed by atoms with van der Waals surface area (Å²) in [5.41, 5.74) is 5.85. The van der Waals surface area contributed by atoms with Crippen molar-refractivity contribution in [2.24, 2.45) is 0 Å². The average molecular weight is 309 g/mol. The Labute approximate surface area is 120 Å². The lowest BCUT2D eigenvalue weighted by Gasteiger charge is -2.24. The lowest BCUT2D eigenvalue weighted by molar-refractivity contribution is -0.140. The zero-order chi connectivity index (χ0) is 15.3. The van der Waals surface area contributed by atoms with E-state index in [1.165, 1.54) is 18.2 Å². The van der Waals surface area contributed by atoms with Crippen LogP contribution >= 0.6 is 11.6 Å². The number of halogens is 4. The van der Waals surface area contributed by atoms with E-state index in [4.69, 9.17) is 17.3 Å². The van der Waals surface area contributed by atoms with Crippen molar-refractivity contribution >= 4 is 23.2 Å². The maximum absolute atomic E-state index is 12.5. The van der Waals surface area contributed by atoms with Crippen molar-refractivity contribution < 1.29 is 18.0 Å². The van der Waals surface area contributed by atoms with Crippen LogP contribution in [0.1, 0.15) is 30.1 Å². The Morgan fingerprint density at radius 1 is 1.35 bits per heavy atom. The molecule has 0 radical (unpaired) electrons. The summed E-state index contributed by atoms with van der Waals surface area (Å²) in [5.74, 6) is -0.718. The van der Waals surface area contributed by atoms with Crippen molar-refractivity contribution in [2.45, 2.75) is 25.9 Å². The summed E-state index contributed by atoms with van der Waals surface area (Å²) in [6.07, 6.45) is -3.25. The van der Waals surface area contributed by atoms with Gasteiger partial charge in [-0.2, -0.15) is 13.2 Å². The Balaban J connectivity index is 2.96. The third-order valence-corrected chi connectivity index (χ3v) is 2.82. The van der Waals surface area contributed by atoms with Crippen molar-refractivity contribution in [2.75, 3.05) is 18.8 Å². The molecule has 1 rings (SSSR count). The maximum atomic E-state index is 12.5. The van der Waals surface area contributed by atoms with Crippen molar-refractivity contribution in [3.05, 3.63) is 28.8 Å². The molecular formula is C13H16ClF3N2O. The number of nitrogen functional groups attached to an aromatic ring is 1. The van der Waals surface area contributed by atoms with Gasteiger partial charge in [0.25, 0.3) is 5.91 Å². The van der Waals surface area contributed by atoms with Crippen LogP contribution in [-0.4, -0.2) is 30.1 Å². The summed E-state index contributed by atoms with van der Waals surface area (Å²) in [6, 6.07) is 4.07. The van der Waals surface area contributed by atoms with E-state index in [-0.39, 0.29) is 22.8 Å². The summed E-state index contributed by atoms with van der Waals surface area (Å²) in [7, 11) is 0. The number of carbonyl (C=O) groups is 1. The van der Waals surface area contributed by atoms with E-state index >= 15 is 0 Å². The van der Waals surface area contributed by atoms with Crippen LogP contribution in [0.2, 0.25) is 5.02 Å². The molecule has 0 fully saturated rings. The van der Waals surface area contributed by atoms with Gasteiger partial charge in [-0.1, -0.05) is 24.9 Å². The molecule has 0 saturated carbocycles. The summed E-state index contributed by atoms with van der Waals surface area (Å²) >= 11 is 5.76. The number of amides is 1. The standard InChI is InChI=1S/C13H16ClF3N2O/c1-2-3-4-19(8-13(15,16)17)12(20)9-5-10(14)7-11(18)6-9/h5-7H,2-4,8,18H2,1H3. The second kappa shape index (κ2) is 6.83. The first-order valence-corrected chi connectivity index (χ1v) is 6.53. The van der Waals surface area contributed by atoms with Crippen LogP contribution in [0.4, 0.5) is 18.9 Å². The summed E-state index contributed by atoms with van der Waals surface area (Å²) in [6.45, 7) is 0.604. The van der Waals surface area contributed by atoms with Gasteiger partial charge < -0.3 is 10.6 Å². The summed E-state index contributed by atoms with van der Waals surface area (Å²) in [4.78, 5) is 12.9. The predicted molar refractivity (Wildman–Crippen MR) is 72.7 cm³/mol.